The first-order valence-corrected chi connectivity index (χ1v) is 5.24. The molecule has 0 bridgehead atoms. The molecule has 3 heteroatoms. The number of hydrogen-bond acceptors (Lipinski definition) is 2. The lowest BCUT2D eigenvalue weighted by atomic mass is 10.2. The first kappa shape index (κ1) is 12.4. The van der Waals surface area contributed by atoms with Crippen molar-refractivity contribution in [1.29, 1.82) is 0 Å². The Kier molecular flexibility index (Phi) is 6.59. The number of nitrogens with one attached hydrogen (secondary N) is 2. The van der Waals surface area contributed by atoms with Crippen molar-refractivity contribution in [2.45, 2.75) is 52.6 Å². The van der Waals surface area contributed by atoms with Crippen molar-refractivity contribution in [1.82, 2.24) is 10.6 Å². The molecule has 3 nitrogen and oxygen atoms in total. The molecule has 0 saturated carbocycles. The second-order valence-electron chi connectivity index (χ2n) is 3.31. The van der Waals surface area contributed by atoms with Gasteiger partial charge in [0.25, 0.3) is 0 Å². The fraction of sp³-hybridized carbons (Fsp3) is 0.900. The van der Waals surface area contributed by atoms with E-state index in [0.29, 0.717) is 0 Å². The van der Waals surface area contributed by atoms with Crippen LogP contribution in [0.1, 0.15) is 40.5 Å². The van der Waals surface area contributed by atoms with Gasteiger partial charge in [-0.15, -0.1) is 0 Å². The standard InChI is InChI=1S/C8H16N2O.C2H6/c1-6(2)10-8(11)7-4-3-5-9-7;1-2/h6-7,9H,3-5H2,1-2H3,(H,10,11);1-2H3. The van der Waals surface area contributed by atoms with E-state index in [1.807, 2.05) is 27.7 Å². The van der Waals surface area contributed by atoms with Gasteiger partial charge >= 0.3 is 0 Å². The molecule has 1 atom stereocenters. The summed E-state index contributed by atoms with van der Waals surface area (Å²) < 4.78 is 0. The van der Waals surface area contributed by atoms with Crippen LogP contribution in [-0.2, 0) is 4.79 Å². The van der Waals surface area contributed by atoms with Gasteiger partial charge < -0.3 is 10.6 Å². The fourth-order valence-corrected chi connectivity index (χ4v) is 1.29. The third-order valence-corrected chi connectivity index (χ3v) is 1.81. The van der Waals surface area contributed by atoms with Crippen molar-refractivity contribution >= 4 is 5.91 Å². The summed E-state index contributed by atoms with van der Waals surface area (Å²) in [5.41, 5.74) is 0. The van der Waals surface area contributed by atoms with Crippen LogP contribution < -0.4 is 10.6 Å². The van der Waals surface area contributed by atoms with E-state index in [-0.39, 0.29) is 18.0 Å². The number of rotatable bonds is 2. The molecule has 13 heavy (non-hydrogen) atoms. The topological polar surface area (TPSA) is 41.1 Å². The second-order valence-corrected chi connectivity index (χ2v) is 3.31. The molecule has 2 N–H and O–H groups in total. The highest BCUT2D eigenvalue weighted by Gasteiger charge is 2.21. The maximum absolute atomic E-state index is 11.3. The predicted octanol–water partition coefficient (Wildman–Crippen LogP) is 1.29. The summed E-state index contributed by atoms with van der Waals surface area (Å²) in [4.78, 5) is 11.3. The second kappa shape index (κ2) is 6.89. The van der Waals surface area contributed by atoms with E-state index < -0.39 is 0 Å². The van der Waals surface area contributed by atoms with Crippen LogP contribution in [0.3, 0.4) is 0 Å². The van der Waals surface area contributed by atoms with Crippen LogP contribution in [0.4, 0.5) is 0 Å². The van der Waals surface area contributed by atoms with Crippen LogP contribution in [0.15, 0.2) is 0 Å². The Balaban J connectivity index is 0.000000671. The smallest absolute Gasteiger partial charge is 0.237 e. The monoisotopic (exact) mass is 186 g/mol. The first-order valence-electron chi connectivity index (χ1n) is 5.24. The molecular formula is C10H22N2O. The Bertz CT molecular complexity index is 140. The lowest BCUT2D eigenvalue weighted by Crippen LogP contribution is -2.43. The van der Waals surface area contributed by atoms with Crippen LogP contribution in [0.5, 0.6) is 0 Å². The molecule has 0 spiro atoms. The van der Waals surface area contributed by atoms with E-state index in [0.717, 1.165) is 19.4 Å². The van der Waals surface area contributed by atoms with Crippen molar-refractivity contribution in [3.8, 4) is 0 Å². The van der Waals surface area contributed by atoms with E-state index in [1.54, 1.807) is 0 Å². The molecule has 0 aromatic carbocycles. The van der Waals surface area contributed by atoms with E-state index in [4.69, 9.17) is 0 Å². The molecule has 1 fully saturated rings. The van der Waals surface area contributed by atoms with Gasteiger partial charge in [0.15, 0.2) is 0 Å². The average Bonchev–Trinajstić information content (AvgIpc) is 2.58. The van der Waals surface area contributed by atoms with Gasteiger partial charge in [0.2, 0.25) is 5.91 Å². The SMILES string of the molecule is CC.CC(C)NC(=O)C1CCCN1. The molecule has 1 aliphatic rings. The zero-order chi connectivity index (χ0) is 10.3. The Morgan fingerprint density at radius 1 is 1.46 bits per heavy atom. The minimum atomic E-state index is 0.0670. The summed E-state index contributed by atoms with van der Waals surface area (Å²) >= 11 is 0. The Morgan fingerprint density at radius 3 is 2.46 bits per heavy atom. The zero-order valence-electron chi connectivity index (χ0n) is 9.18. The van der Waals surface area contributed by atoms with Gasteiger partial charge in [0, 0.05) is 6.04 Å². The molecule has 1 saturated heterocycles. The van der Waals surface area contributed by atoms with E-state index in [1.165, 1.54) is 0 Å². The number of amides is 1. The van der Waals surface area contributed by atoms with Crippen LogP contribution in [0.25, 0.3) is 0 Å². The van der Waals surface area contributed by atoms with E-state index in [9.17, 15) is 4.79 Å². The third kappa shape index (κ3) is 4.88. The molecule has 1 heterocycles. The van der Waals surface area contributed by atoms with Crippen LogP contribution in [0, 0.1) is 0 Å². The molecule has 0 aliphatic carbocycles. The van der Waals surface area contributed by atoms with E-state index >= 15 is 0 Å². The largest absolute Gasteiger partial charge is 0.353 e. The summed E-state index contributed by atoms with van der Waals surface area (Å²) in [5.74, 6) is 0.150. The zero-order valence-corrected chi connectivity index (χ0v) is 9.18. The fourth-order valence-electron chi connectivity index (χ4n) is 1.29. The van der Waals surface area contributed by atoms with Crippen LogP contribution in [0.2, 0.25) is 0 Å². The quantitative estimate of drug-likeness (QED) is 0.682. The predicted molar refractivity (Wildman–Crippen MR) is 55.7 cm³/mol. The highest BCUT2D eigenvalue weighted by atomic mass is 16.2. The molecule has 0 aromatic rings. The summed E-state index contributed by atoms with van der Waals surface area (Å²) in [6, 6.07) is 0.322. The number of carbonyl (C=O) groups is 1. The lowest BCUT2D eigenvalue weighted by molar-refractivity contribution is -0.123. The maximum Gasteiger partial charge on any atom is 0.237 e. The van der Waals surface area contributed by atoms with Gasteiger partial charge in [-0.3, -0.25) is 4.79 Å². The maximum atomic E-state index is 11.3. The summed E-state index contributed by atoms with van der Waals surface area (Å²) in [6.07, 6.45) is 2.11. The first-order chi connectivity index (χ1) is 6.20. The van der Waals surface area contributed by atoms with Crippen molar-refractivity contribution in [2.75, 3.05) is 6.54 Å². The molecule has 1 aliphatic heterocycles. The van der Waals surface area contributed by atoms with Crippen molar-refractivity contribution in [2.24, 2.45) is 0 Å². The highest BCUT2D eigenvalue weighted by Crippen LogP contribution is 2.04. The molecule has 0 radical (unpaired) electrons. The van der Waals surface area contributed by atoms with Gasteiger partial charge in [-0.2, -0.15) is 0 Å². The van der Waals surface area contributed by atoms with Gasteiger partial charge in [0.1, 0.15) is 0 Å². The highest BCUT2D eigenvalue weighted by molar-refractivity contribution is 5.82. The van der Waals surface area contributed by atoms with Crippen LogP contribution in [-0.4, -0.2) is 24.5 Å². The normalized spacial score (nSPS) is 20.8. The minimum Gasteiger partial charge on any atom is -0.353 e. The summed E-state index contributed by atoms with van der Waals surface area (Å²) in [6.45, 7) is 8.94. The van der Waals surface area contributed by atoms with Gasteiger partial charge in [-0.25, -0.2) is 0 Å². The van der Waals surface area contributed by atoms with Gasteiger partial charge in [-0.1, -0.05) is 13.8 Å². The van der Waals surface area contributed by atoms with E-state index in [2.05, 4.69) is 10.6 Å². The van der Waals surface area contributed by atoms with Crippen molar-refractivity contribution < 1.29 is 4.79 Å². The number of hydrogen-bond donors (Lipinski definition) is 2. The Morgan fingerprint density at radius 2 is 2.08 bits per heavy atom. The average molecular weight is 186 g/mol. The Hall–Kier alpha value is -0.570. The van der Waals surface area contributed by atoms with Crippen molar-refractivity contribution in [3.63, 3.8) is 0 Å². The Labute approximate surface area is 81.3 Å². The van der Waals surface area contributed by atoms with Gasteiger partial charge in [-0.05, 0) is 33.2 Å². The third-order valence-electron chi connectivity index (χ3n) is 1.81. The summed E-state index contributed by atoms with van der Waals surface area (Å²) in [7, 11) is 0. The molecule has 1 amide bonds. The molecular weight excluding hydrogens is 164 g/mol. The molecule has 1 rings (SSSR count). The van der Waals surface area contributed by atoms with Gasteiger partial charge in [0.05, 0.1) is 6.04 Å². The van der Waals surface area contributed by atoms with Crippen LogP contribution >= 0.6 is 0 Å². The minimum absolute atomic E-state index is 0.0670. The van der Waals surface area contributed by atoms with Crippen molar-refractivity contribution in [3.05, 3.63) is 0 Å². The summed E-state index contributed by atoms with van der Waals surface area (Å²) in [5, 5.41) is 6.03. The number of carbonyl (C=O) groups excluding carboxylic acids is 1. The molecule has 1 unspecified atom stereocenters. The molecule has 78 valence electrons. The molecule has 0 aromatic heterocycles. The lowest BCUT2D eigenvalue weighted by Gasteiger charge is -2.13.